The van der Waals surface area contributed by atoms with Gasteiger partial charge in [-0.25, -0.2) is 4.79 Å². The molecule has 0 saturated heterocycles. The molecule has 82 valence electrons. The molecule has 15 heavy (non-hydrogen) atoms. The molecule has 0 unspecified atom stereocenters. The third-order valence-corrected chi connectivity index (χ3v) is 2.64. The Kier molecular flexibility index (Phi) is 4.15. The summed E-state index contributed by atoms with van der Waals surface area (Å²) in [6.45, 7) is 5.59. The Labute approximate surface area is 97.9 Å². The van der Waals surface area contributed by atoms with Gasteiger partial charge in [0.15, 0.2) is 0 Å². The van der Waals surface area contributed by atoms with E-state index in [9.17, 15) is 4.79 Å². The normalized spacial score (nSPS) is 10.2. The number of carbonyl (C=O) groups is 1. The monoisotopic (exact) mass is 271 g/mol. The van der Waals surface area contributed by atoms with E-state index in [2.05, 4.69) is 21.2 Å². The van der Waals surface area contributed by atoms with Gasteiger partial charge in [-0.05, 0) is 44.5 Å². The van der Waals surface area contributed by atoms with Gasteiger partial charge in [0.05, 0.1) is 6.10 Å². The van der Waals surface area contributed by atoms with Crippen LogP contribution in [0.2, 0.25) is 0 Å². The van der Waals surface area contributed by atoms with Crippen LogP contribution in [0.5, 0.6) is 0 Å². The molecule has 0 fully saturated rings. The number of hydrogen-bond acceptors (Lipinski definition) is 2. The molecule has 1 N–H and O–H groups in total. The molecule has 0 aliphatic carbocycles. The summed E-state index contributed by atoms with van der Waals surface area (Å²) in [5.41, 5.74) is 1.80. The third kappa shape index (κ3) is 3.91. The van der Waals surface area contributed by atoms with Crippen molar-refractivity contribution < 1.29 is 9.53 Å². The van der Waals surface area contributed by atoms with Crippen LogP contribution in [0.1, 0.15) is 19.4 Å². The van der Waals surface area contributed by atoms with Crippen molar-refractivity contribution in [1.29, 1.82) is 0 Å². The number of anilines is 1. The molecule has 1 aromatic carbocycles. The van der Waals surface area contributed by atoms with Crippen LogP contribution < -0.4 is 5.32 Å². The molecule has 0 radical (unpaired) electrons. The van der Waals surface area contributed by atoms with Crippen LogP contribution >= 0.6 is 15.9 Å². The maximum absolute atomic E-state index is 11.3. The van der Waals surface area contributed by atoms with Crippen LogP contribution in [0.3, 0.4) is 0 Å². The highest BCUT2D eigenvalue weighted by atomic mass is 79.9. The van der Waals surface area contributed by atoms with E-state index >= 15 is 0 Å². The van der Waals surface area contributed by atoms with E-state index in [1.807, 2.05) is 39.0 Å². The summed E-state index contributed by atoms with van der Waals surface area (Å²) in [6.07, 6.45) is -0.534. The van der Waals surface area contributed by atoms with E-state index < -0.39 is 6.09 Å². The average Bonchev–Trinajstić information content (AvgIpc) is 2.10. The van der Waals surface area contributed by atoms with Crippen LogP contribution in [-0.2, 0) is 4.74 Å². The van der Waals surface area contributed by atoms with Crippen molar-refractivity contribution >= 4 is 27.7 Å². The van der Waals surface area contributed by atoms with Crippen LogP contribution in [0, 0.1) is 6.92 Å². The molecule has 3 nitrogen and oxygen atoms in total. The van der Waals surface area contributed by atoms with Crippen molar-refractivity contribution in [2.45, 2.75) is 26.9 Å². The predicted molar refractivity (Wildman–Crippen MR) is 64.1 cm³/mol. The van der Waals surface area contributed by atoms with Gasteiger partial charge in [-0.1, -0.05) is 15.9 Å². The van der Waals surface area contributed by atoms with Gasteiger partial charge in [0.25, 0.3) is 0 Å². The molecule has 0 bridgehead atoms. The minimum Gasteiger partial charge on any atom is -0.447 e. The Morgan fingerprint density at radius 3 is 2.67 bits per heavy atom. The fourth-order valence-corrected chi connectivity index (χ4v) is 1.33. The number of nitrogens with one attached hydrogen (secondary N) is 1. The van der Waals surface area contributed by atoms with Gasteiger partial charge in [0.1, 0.15) is 0 Å². The topological polar surface area (TPSA) is 38.3 Å². The molecule has 0 aliphatic rings. The van der Waals surface area contributed by atoms with Crippen molar-refractivity contribution in [3.63, 3.8) is 0 Å². The van der Waals surface area contributed by atoms with E-state index in [1.165, 1.54) is 0 Å². The molecule has 1 aromatic rings. The number of aryl methyl sites for hydroxylation is 1. The second-order valence-electron chi connectivity index (χ2n) is 3.54. The Morgan fingerprint density at radius 1 is 1.47 bits per heavy atom. The molecule has 0 saturated carbocycles. The lowest BCUT2D eigenvalue weighted by Crippen LogP contribution is -2.17. The van der Waals surface area contributed by atoms with Gasteiger partial charge in [-0.15, -0.1) is 0 Å². The largest absolute Gasteiger partial charge is 0.447 e. The van der Waals surface area contributed by atoms with Crippen molar-refractivity contribution in [2.24, 2.45) is 0 Å². The van der Waals surface area contributed by atoms with E-state index in [4.69, 9.17) is 4.74 Å². The van der Waals surface area contributed by atoms with E-state index in [-0.39, 0.29) is 6.10 Å². The number of benzene rings is 1. The highest BCUT2D eigenvalue weighted by Gasteiger charge is 2.05. The Morgan fingerprint density at radius 2 is 2.13 bits per heavy atom. The SMILES string of the molecule is Cc1cc(NC(=O)OC(C)C)ccc1Br. The summed E-state index contributed by atoms with van der Waals surface area (Å²) in [5, 5.41) is 2.66. The number of ether oxygens (including phenoxy) is 1. The first-order chi connectivity index (χ1) is 6.99. The number of carbonyl (C=O) groups excluding carboxylic acids is 1. The van der Waals surface area contributed by atoms with Crippen molar-refractivity contribution in [3.05, 3.63) is 28.2 Å². The zero-order valence-electron chi connectivity index (χ0n) is 9.00. The van der Waals surface area contributed by atoms with Crippen LogP contribution in [0.15, 0.2) is 22.7 Å². The smallest absolute Gasteiger partial charge is 0.411 e. The number of rotatable bonds is 2. The van der Waals surface area contributed by atoms with Gasteiger partial charge in [-0.2, -0.15) is 0 Å². The first kappa shape index (κ1) is 12.0. The quantitative estimate of drug-likeness (QED) is 0.891. The lowest BCUT2D eigenvalue weighted by Gasteiger charge is -2.10. The van der Waals surface area contributed by atoms with E-state index in [0.29, 0.717) is 0 Å². The number of amides is 1. The first-order valence-electron chi connectivity index (χ1n) is 4.73. The second-order valence-corrected chi connectivity index (χ2v) is 4.40. The van der Waals surface area contributed by atoms with Crippen LogP contribution in [0.4, 0.5) is 10.5 Å². The Hall–Kier alpha value is -1.03. The molecule has 1 amide bonds. The summed E-state index contributed by atoms with van der Waals surface area (Å²) < 4.78 is 5.98. The highest BCUT2D eigenvalue weighted by Crippen LogP contribution is 2.20. The zero-order chi connectivity index (χ0) is 11.4. The van der Waals surface area contributed by atoms with Crippen molar-refractivity contribution in [2.75, 3.05) is 5.32 Å². The molecule has 0 atom stereocenters. The molecule has 0 aliphatic heterocycles. The first-order valence-corrected chi connectivity index (χ1v) is 5.52. The predicted octanol–water partition coefficient (Wildman–Crippen LogP) is 3.71. The summed E-state index contributed by atoms with van der Waals surface area (Å²) >= 11 is 3.39. The summed E-state index contributed by atoms with van der Waals surface area (Å²) in [5.74, 6) is 0. The maximum atomic E-state index is 11.3. The summed E-state index contributed by atoms with van der Waals surface area (Å²) in [4.78, 5) is 11.3. The van der Waals surface area contributed by atoms with Crippen LogP contribution in [0.25, 0.3) is 0 Å². The molecule has 0 spiro atoms. The standard InChI is InChI=1S/C11H14BrNO2/c1-7(2)15-11(14)13-9-4-5-10(12)8(3)6-9/h4-7H,1-3H3,(H,13,14). The molecular formula is C11H14BrNO2. The van der Waals surface area contributed by atoms with Crippen molar-refractivity contribution in [3.8, 4) is 0 Å². The van der Waals surface area contributed by atoms with E-state index in [0.717, 1.165) is 15.7 Å². The summed E-state index contributed by atoms with van der Waals surface area (Å²) in [6, 6.07) is 5.59. The number of halogens is 1. The lowest BCUT2D eigenvalue weighted by molar-refractivity contribution is 0.130. The van der Waals surface area contributed by atoms with Crippen LogP contribution in [-0.4, -0.2) is 12.2 Å². The summed E-state index contributed by atoms with van der Waals surface area (Å²) in [7, 11) is 0. The van der Waals surface area contributed by atoms with Gasteiger partial charge in [-0.3, -0.25) is 5.32 Å². The minimum atomic E-state index is -0.424. The van der Waals surface area contributed by atoms with E-state index in [1.54, 1.807) is 0 Å². The average molecular weight is 272 g/mol. The fraction of sp³-hybridized carbons (Fsp3) is 0.364. The van der Waals surface area contributed by atoms with Gasteiger partial charge >= 0.3 is 6.09 Å². The molecule has 1 rings (SSSR count). The highest BCUT2D eigenvalue weighted by molar-refractivity contribution is 9.10. The third-order valence-electron chi connectivity index (χ3n) is 1.75. The second kappa shape index (κ2) is 5.16. The lowest BCUT2D eigenvalue weighted by atomic mass is 10.2. The fourth-order valence-electron chi connectivity index (χ4n) is 1.08. The molecule has 0 heterocycles. The minimum absolute atomic E-state index is 0.110. The number of hydrogen-bond donors (Lipinski definition) is 1. The maximum Gasteiger partial charge on any atom is 0.411 e. The van der Waals surface area contributed by atoms with Gasteiger partial charge < -0.3 is 4.74 Å². The molecule has 4 heteroatoms. The van der Waals surface area contributed by atoms with Gasteiger partial charge in [0, 0.05) is 10.2 Å². The Balaban J connectivity index is 2.65. The van der Waals surface area contributed by atoms with Gasteiger partial charge in [0.2, 0.25) is 0 Å². The molecule has 0 aromatic heterocycles. The molecular weight excluding hydrogens is 258 g/mol. The van der Waals surface area contributed by atoms with Crippen molar-refractivity contribution in [1.82, 2.24) is 0 Å². The Bertz CT molecular complexity index is 364. The zero-order valence-corrected chi connectivity index (χ0v) is 10.6.